The van der Waals surface area contributed by atoms with Crippen molar-refractivity contribution in [3.8, 4) is 0 Å². The van der Waals surface area contributed by atoms with Gasteiger partial charge < -0.3 is 20.4 Å². The van der Waals surface area contributed by atoms with Crippen LogP contribution in [-0.2, 0) is 6.18 Å². The molecule has 0 fully saturated rings. The predicted octanol–water partition coefficient (Wildman–Crippen LogP) is 6.06. The second kappa shape index (κ2) is 10.2. The number of furan rings is 1. The molecule has 4 rings (SSSR count). The van der Waals surface area contributed by atoms with Crippen LogP contribution in [0.2, 0.25) is 0 Å². The van der Waals surface area contributed by atoms with Crippen molar-refractivity contribution in [2.45, 2.75) is 6.18 Å². The lowest BCUT2D eigenvalue weighted by molar-refractivity contribution is -0.137. The number of carbonyl (C=O) groups excluding carboxylic acids is 3. The van der Waals surface area contributed by atoms with E-state index in [0.29, 0.717) is 11.4 Å². The number of carbonyl (C=O) groups is 3. The average Bonchev–Trinajstić information content (AvgIpc) is 3.39. The van der Waals surface area contributed by atoms with Gasteiger partial charge in [0.05, 0.1) is 11.8 Å². The number of nitrogens with one attached hydrogen (secondary N) is 3. The first-order valence-corrected chi connectivity index (χ1v) is 10.5. The first-order chi connectivity index (χ1) is 17.2. The standard InChI is InChI=1S/C26H18F3N3O4/c27-26(28,29)18-7-3-10-21(15-18)31-24(34)16-5-1-8-19(13-16)30-23(33)17-6-2-9-20(14-17)32-25(35)22-11-4-12-36-22/h1-15H,(H,30,33)(H,31,34)(H,32,35). The Morgan fingerprint density at radius 1 is 0.611 bits per heavy atom. The van der Waals surface area contributed by atoms with Gasteiger partial charge >= 0.3 is 6.18 Å². The number of anilines is 3. The molecule has 4 aromatic rings. The van der Waals surface area contributed by atoms with Gasteiger partial charge in [0, 0.05) is 28.2 Å². The fourth-order valence-electron chi connectivity index (χ4n) is 3.26. The van der Waals surface area contributed by atoms with Crippen LogP contribution in [-0.4, -0.2) is 17.7 Å². The SMILES string of the molecule is O=C(Nc1cccc(C(F)(F)F)c1)c1cccc(NC(=O)c2cccc(NC(=O)c3ccco3)c2)c1. The zero-order valence-electron chi connectivity index (χ0n) is 18.4. The maximum Gasteiger partial charge on any atom is 0.416 e. The van der Waals surface area contributed by atoms with Crippen LogP contribution in [0.1, 0.15) is 36.8 Å². The molecule has 0 radical (unpaired) electrons. The Balaban J connectivity index is 1.43. The van der Waals surface area contributed by atoms with Gasteiger partial charge in [0.1, 0.15) is 0 Å². The summed E-state index contributed by atoms with van der Waals surface area (Å²) in [6.45, 7) is 0. The molecule has 0 atom stereocenters. The molecule has 0 unspecified atom stereocenters. The monoisotopic (exact) mass is 493 g/mol. The van der Waals surface area contributed by atoms with E-state index in [1.807, 2.05) is 0 Å². The number of benzene rings is 3. The summed E-state index contributed by atoms with van der Waals surface area (Å²) >= 11 is 0. The van der Waals surface area contributed by atoms with Gasteiger partial charge in [-0.3, -0.25) is 14.4 Å². The summed E-state index contributed by atoms with van der Waals surface area (Å²) in [6, 6.07) is 19.5. The fourth-order valence-corrected chi connectivity index (χ4v) is 3.26. The van der Waals surface area contributed by atoms with Crippen LogP contribution < -0.4 is 16.0 Å². The molecule has 10 heteroatoms. The maximum atomic E-state index is 12.9. The Kier molecular flexibility index (Phi) is 6.86. The van der Waals surface area contributed by atoms with Crippen LogP contribution in [0.25, 0.3) is 0 Å². The third kappa shape index (κ3) is 5.98. The Labute approximate surface area is 202 Å². The quantitative estimate of drug-likeness (QED) is 0.304. The van der Waals surface area contributed by atoms with Crippen LogP contribution in [0.4, 0.5) is 30.2 Å². The third-order valence-corrected chi connectivity index (χ3v) is 4.96. The normalized spacial score (nSPS) is 11.0. The van der Waals surface area contributed by atoms with E-state index in [1.54, 1.807) is 30.3 Å². The van der Waals surface area contributed by atoms with E-state index < -0.39 is 29.5 Å². The second-order valence-corrected chi connectivity index (χ2v) is 7.58. The van der Waals surface area contributed by atoms with Crippen LogP contribution >= 0.6 is 0 Å². The van der Waals surface area contributed by atoms with E-state index >= 15 is 0 Å². The summed E-state index contributed by atoms with van der Waals surface area (Å²) in [5, 5.41) is 7.70. The smallest absolute Gasteiger partial charge is 0.416 e. The highest BCUT2D eigenvalue weighted by Crippen LogP contribution is 2.30. The lowest BCUT2D eigenvalue weighted by Gasteiger charge is -2.11. The largest absolute Gasteiger partial charge is 0.459 e. The minimum atomic E-state index is -4.54. The topological polar surface area (TPSA) is 100 Å². The van der Waals surface area contributed by atoms with Crippen LogP contribution in [0.5, 0.6) is 0 Å². The molecule has 3 amide bonds. The van der Waals surface area contributed by atoms with E-state index in [9.17, 15) is 27.6 Å². The van der Waals surface area contributed by atoms with Crippen molar-refractivity contribution in [1.29, 1.82) is 0 Å². The summed E-state index contributed by atoms with van der Waals surface area (Å²) in [5.74, 6) is -1.50. The van der Waals surface area contributed by atoms with Gasteiger partial charge in [-0.1, -0.05) is 18.2 Å². The minimum absolute atomic E-state index is 0.0160. The molecule has 0 saturated heterocycles. The molecule has 1 aromatic heterocycles. The Morgan fingerprint density at radius 2 is 1.11 bits per heavy atom. The summed E-state index contributed by atoms with van der Waals surface area (Å²) in [6.07, 6.45) is -3.17. The van der Waals surface area contributed by atoms with E-state index in [4.69, 9.17) is 4.42 Å². The molecule has 1 heterocycles. The molecule has 3 N–H and O–H groups in total. The van der Waals surface area contributed by atoms with Crippen molar-refractivity contribution < 1.29 is 32.0 Å². The Bertz CT molecular complexity index is 1420. The average molecular weight is 493 g/mol. The van der Waals surface area contributed by atoms with Crippen molar-refractivity contribution in [2.75, 3.05) is 16.0 Å². The summed E-state index contributed by atoms with van der Waals surface area (Å²) < 4.78 is 43.8. The number of hydrogen-bond donors (Lipinski definition) is 3. The zero-order chi connectivity index (χ0) is 25.7. The van der Waals surface area contributed by atoms with Gasteiger partial charge in [-0.15, -0.1) is 0 Å². The highest BCUT2D eigenvalue weighted by atomic mass is 19.4. The number of amides is 3. The minimum Gasteiger partial charge on any atom is -0.459 e. The van der Waals surface area contributed by atoms with E-state index in [1.165, 1.54) is 48.7 Å². The first-order valence-electron chi connectivity index (χ1n) is 10.5. The van der Waals surface area contributed by atoms with Gasteiger partial charge in [-0.25, -0.2) is 0 Å². The van der Waals surface area contributed by atoms with Gasteiger partial charge in [0.15, 0.2) is 5.76 Å². The Hall–Kier alpha value is -4.86. The zero-order valence-corrected chi connectivity index (χ0v) is 18.4. The molecular formula is C26H18F3N3O4. The number of rotatable bonds is 6. The van der Waals surface area contributed by atoms with Crippen LogP contribution in [0, 0.1) is 0 Å². The Morgan fingerprint density at radius 3 is 1.61 bits per heavy atom. The van der Waals surface area contributed by atoms with Gasteiger partial charge in [-0.2, -0.15) is 13.2 Å². The molecule has 7 nitrogen and oxygen atoms in total. The molecule has 0 saturated carbocycles. The predicted molar refractivity (Wildman–Crippen MR) is 127 cm³/mol. The molecule has 182 valence electrons. The molecule has 36 heavy (non-hydrogen) atoms. The van der Waals surface area contributed by atoms with Crippen molar-refractivity contribution in [2.24, 2.45) is 0 Å². The maximum absolute atomic E-state index is 12.9. The fraction of sp³-hybridized carbons (Fsp3) is 0.0385. The van der Waals surface area contributed by atoms with Crippen molar-refractivity contribution in [1.82, 2.24) is 0 Å². The van der Waals surface area contributed by atoms with E-state index in [-0.39, 0.29) is 22.6 Å². The van der Waals surface area contributed by atoms with Crippen LogP contribution in [0.3, 0.4) is 0 Å². The molecule has 0 bridgehead atoms. The number of alkyl halides is 3. The summed E-state index contributed by atoms with van der Waals surface area (Å²) in [7, 11) is 0. The van der Waals surface area contributed by atoms with Gasteiger partial charge in [-0.05, 0) is 66.7 Å². The third-order valence-electron chi connectivity index (χ3n) is 4.96. The molecule has 0 spiro atoms. The summed E-state index contributed by atoms with van der Waals surface area (Å²) in [5.41, 5.74) is 0.136. The van der Waals surface area contributed by atoms with E-state index in [0.717, 1.165) is 12.1 Å². The van der Waals surface area contributed by atoms with Gasteiger partial charge in [0.2, 0.25) is 0 Å². The number of hydrogen-bond acceptors (Lipinski definition) is 4. The van der Waals surface area contributed by atoms with Crippen LogP contribution in [0.15, 0.2) is 95.6 Å². The van der Waals surface area contributed by atoms with Crippen molar-refractivity contribution in [3.05, 3.63) is 114 Å². The van der Waals surface area contributed by atoms with Gasteiger partial charge in [0.25, 0.3) is 17.7 Å². The van der Waals surface area contributed by atoms with E-state index in [2.05, 4.69) is 16.0 Å². The van der Waals surface area contributed by atoms with Crippen molar-refractivity contribution in [3.63, 3.8) is 0 Å². The lowest BCUT2D eigenvalue weighted by atomic mass is 10.1. The highest BCUT2D eigenvalue weighted by molar-refractivity contribution is 6.08. The lowest BCUT2D eigenvalue weighted by Crippen LogP contribution is -2.16. The number of halogens is 3. The second-order valence-electron chi connectivity index (χ2n) is 7.58. The molecule has 0 aliphatic heterocycles. The molecule has 3 aromatic carbocycles. The summed E-state index contributed by atoms with van der Waals surface area (Å²) in [4.78, 5) is 37.5. The first kappa shape index (κ1) is 24.3. The van der Waals surface area contributed by atoms with Crippen molar-refractivity contribution >= 4 is 34.8 Å². The highest BCUT2D eigenvalue weighted by Gasteiger charge is 2.30. The molecule has 0 aliphatic carbocycles. The molecule has 0 aliphatic rings. The molecular weight excluding hydrogens is 475 g/mol.